The topological polar surface area (TPSA) is 78.6 Å². The van der Waals surface area contributed by atoms with Gasteiger partial charge < -0.3 is 15.1 Å². The first kappa shape index (κ1) is 23.1. The maximum absolute atomic E-state index is 14.0. The van der Waals surface area contributed by atoms with Crippen LogP contribution in [0.3, 0.4) is 0 Å². The quantitative estimate of drug-likeness (QED) is 0.668. The normalized spacial score (nSPS) is 26.5. The van der Waals surface area contributed by atoms with Gasteiger partial charge in [0, 0.05) is 18.5 Å². The lowest BCUT2D eigenvalue weighted by Crippen LogP contribution is -2.43. The highest BCUT2D eigenvalue weighted by Crippen LogP contribution is 2.45. The Labute approximate surface area is 175 Å². The Morgan fingerprint density at radius 1 is 1.27 bits per heavy atom. The largest absolute Gasteiger partial charge is 0.433 e. The molecule has 0 radical (unpaired) electrons. The van der Waals surface area contributed by atoms with Crippen molar-refractivity contribution < 1.29 is 28.2 Å². The molecular formula is C21H32F3N3O3. The van der Waals surface area contributed by atoms with E-state index in [0.717, 1.165) is 30.1 Å². The molecule has 0 spiro atoms. The van der Waals surface area contributed by atoms with Gasteiger partial charge in [0.25, 0.3) is 5.91 Å². The second kappa shape index (κ2) is 8.15. The van der Waals surface area contributed by atoms with Crippen molar-refractivity contribution in [2.45, 2.75) is 84.2 Å². The fourth-order valence-electron chi connectivity index (χ4n) is 4.74. The molecule has 2 fully saturated rings. The van der Waals surface area contributed by atoms with Crippen molar-refractivity contribution in [3.63, 3.8) is 0 Å². The summed E-state index contributed by atoms with van der Waals surface area (Å²) in [7, 11) is 0. The van der Waals surface area contributed by atoms with E-state index in [1.165, 1.54) is 4.90 Å². The number of aliphatic hydroxyl groups is 2. The van der Waals surface area contributed by atoms with Gasteiger partial charge in [-0.3, -0.25) is 9.48 Å². The van der Waals surface area contributed by atoms with Gasteiger partial charge in [-0.2, -0.15) is 18.3 Å². The van der Waals surface area contributed by atoms with E-state index >= 15 is 0 Å². The van der Waals surface area contributed by atoms with Crippen molar-refractivity contribution in [1.82, 2.24) is 14.7 Å². The second-order valence-corrected chi connectivity index (χ2v) is 9.59. The molecule has 2 N–H and O–H groups in total. The number of nitrogens with zero attached hydrogens (tertiary/aromatic N) is 3. The molecule has 30 heavy (non-hydrogen) atoms. The molecule has 3 rings (SSSR count). The van der Waals surface area contributed by atoms with Gasteiger partial charge >= 0.3 is 6.18 Å². The molecule has 2 aliphatic rings. The zero-order chi connectivity index (χ0) is 22.3. The summed E-state index contributed by atoms with van der Waals surface area (Å²) in [6.07, 6.45) is -0.740. The maximum atomic E-state index is 14.0. The van der Waals surface area contributed by atoms with E-state index in [9.17, 15) is 28.2 Å². The number of aliphatic hydroxyl groups excluding tert-OH is 1. The molecular weight excluding hydrogens is 399 g/mol. The Morgan fingerprint density at radius 2 is 1.87 bits per heavy atom. The van der Waals surface area contributed by atoms with Gasteiger partial charge in [0.1, 0.15) is 0 Å². The van der Waals surface area contributed by atoms with Crippen LogP contribution in [0.2, 0.25) is 0 Å². The van der Waals surface area contributed by atoms with Crippen LogP contribution in [0, 0.1) is 10.8 Å². The van der Waals surface area contributed by atoms with Crippen molar-refractivity contribution in [2.75, 3.05) is 13.1 Å². The van der Waals surface area contributed by atoms with E-state index < -0.39 is 41.1 Å². The molecule has 0 saturated heterocycles. The van der Waals surface area contributed by atoms with Crippen LogP contribution < -0.4 is 0 Å². The summed E-state index contributed by atoms with van der Waals surface area (Å²) in [6, 6.07) is -0.533. The summed E-state index contributed by atoms with van der Waals surface area (Å²) in [4.78, 5) is 14.6. The van der Waals surface area contributed by atoms with Crippen LogP contribution >= 0.6 is 0 Å². The molecule has 0 aromatic carbocycles. The number of rotatable bonds is 6. The minimum Gasteiger partial charge on any atom is -0.368 e. The number of aromatic nitrogens is 2. The lowest BCUT2D eigenvalue weighted by Gasteiger charge is -2.42. The molecule has 1 heterocycles. The van der Waals surface area contributed by atoms with E-state index in [4.69, 9.17) is 0 Å². The molecule has 0 atom stereocenters. The molecule has 170 valence electrons. The SMILES string of the molecule is CCN(CC1(C)CCC1)C(=O)c1cnn([C@H]2CC[C@](C)(C(O)O)CC2)c1C(F)(F)F. The summed E-state index contributed by atoms with van der Waals surface area (Å²) >= 11 is 0. The lowest BCUT2D eigenvalue weighted by atomic mass is 9.70. The average molecular weight is 431 g/mol. The molecule has 9 heteroatoms. The molecule has 2 saturated carbocycles. The number of hydrogen-bond donors (Lipinski definition) is 2. The summed E-state index contributed by atoms with van der Waals surface area (Å²) in [6.45, 7) is 6.35. The van der Waals surface area contributed by atoms with Crippen molar-refractivity contribution >= 4 is 5.91 Å². The molecule has 0 aliphatic heterocycles. The number of alkyl halides is 3. The first-order chi connectivity index (χ1) is 13.9. The van der Waals surface area contributed by atoms with Gasteiger partial charge in [0.2, 0.25) is 0 Å². The fraction of sp³-hybridized carbons (Fsp3) is 0.810. The summed E-state index contributed by atoms with van der Waals surface area (Å²) in [5.41, 5.74) is -2.16. The second-order valence-electron chi connectivity index (χ2n) is 9.59. The Bertz CT molecular complexity index is 763. The predicted octanol–water partition coefficient (Wildman–Crippen LogP) is 3.99. The zero-order valence-electron chi connectivity index (χ0n) is 17.9. The van der Waals surface area contributed by atoms with Gasteiger partial charge in [-0.25, -0.2) is 0 Å². The number of carbonyl (C=O) groups excluding carboxylic acids is 1. The van der Waals surface area contributed by atoms with E-state index in [2.05, 4.69) is 12.0 Å². The Morgan fingerprint density at radius 3 is 2.30 bits per heavy atom. The predicted molar refractivity (Wildman–Crippen MR) is 105 cm³/mol. The third-order valence-corrected chi connectivity index (χ3v) is 7.16. The molecule has 6 nitrogen and oxygen atoms in total. The number of carbonyl (C=O) groups is 1. The molecule has 2 aliphatic carbocycles. The summed E-state index contributed by atoms with van der Waals surface area (Å²) in [5, 5.41) is 23.1. The third kappa shape index (κ3) is 4.37. The van der Waals surface area contributed by atoms with Crippen LogP contribution in [-0.4, -0.2) is 50.2 Å². The smallest absolute Gasteiger partial charge is 0.368 e. The van der Waals surface area contributed by atoms with Crippen molar-refractivity contribution in [2.24, 2.45) is 10.8 Å². The highest BCUT2D eigenvalue weighted by atomic mass is 19.4. The van der Waals surface area contributed by atoms with E-state index in [0.29, 0.717) is 38.8 Å². The summed E-state index contributed by atoms with van der Waals surface area (Å²) < 4.78 is 43.0. The van der Waals surface area contributed by atoms with Crippen LogP contribution in [-0.2, 0) is 6.18 Å². The van der Waals surface area contributed by atoms with Crippen molar-refractivity contribution in [3.8, 4) is 0 Å². The molecule has 1 aromatic rings. The van der Waals surface area contributed by atoms with E-state index in [-0.39, 0.29) is 5.41 Å². The monoisotopic (exact) mass is 431 g/mol. The van der Waals surface area contributed by atoms with Crippen LogP contribution in [0.4, 0.5) is 13.2 Å². The van der Waals surface area contributed by atoms with Crippen LogP contribution in [0.25, 0.3) is 0 Å². The molecule has 1 amide bonds. The first-order valence-corrected chi connectivity index (χ1v) is 10.7. The standard InChI is InChI=1S/C21H32F3N3O3/c1-4-26(13-19(2)8-5-9-19)17(28)15-12-25-27(16(15)21(22,23)24)14-6-10-20(3,11-7-14)18(29)30/h12,14,18,29-30H,4-11,13H2,1-3H3/t14-,20-. The maximum Gasteiger partial charge on any atom is 0.433 e. The van der Waals surface area contributed by atoms with Crippen molar-refractivity contribution in [3.05, 3.63) is 17.5 Å². The average Bonchev–Trinajstić information content (AvgIpc) is 3.10. The number of amides is 1. The Kier molecular flexibility index (Phi) is 6.26. The van der Waals surface area contributed by atoms with Gasteiger partial charge in [-0.15, -0.1) is 0 Å². The van der Waals surface area contributed by atoms with Gasteiger partial charge in [0.15, 0.2) is 12.0 Å². The third-order valence-electron chi connectivity index (χ3n) is 7.16. The van der Waals surface area contributed by atoms with Gasteiger partial charge in [-0.1, -0.05) is 20.3 Å². The van der Waals surface area contributed by atoms with E-state index in [1.54, 1.807) is 13.8 Å². The molecule has 1 aromatic heterocycles. The van der Waals surface area contributed by atoms with Crippen LogP contribution in [0.5, 0.6) is 0 Å². The molecule has 0 bridgehead atoms. The minimum atomic E-state index is -4.71. The van der Waals surface area contributed by atoms with Gasteiger partial charge in [0.05, 0.1) is 17.8 Å². The van der Waals surface area contributed by atoms with Crippen molar-refractivity contribution in [1.29, 1.82) is 0 Å². The lowest BCUT2D eigenvalue weighted by molar-refractivity contribution is -0.152. The molecule has 0 unspecified atom stereocenters. The Balaban J connectivity index is 1.86. The first-order valence-electron chi connectivity index (χ1n) is 10.7. The van der Waals surface area contributed by atoms with E-state index in [1.807, 2.05) is 0 Å². The highest BCUT2D eigenvalue weighted by Gasteiger charge is 2.45. The highest BCUT2D eigenvalue weighted by molar-refractivity contribution is 5.95. The number of hydrogen-bond acceptors (Lipinski definition) is 4. The minimum absolute atomic E-state index is 0.0288. The Hall–Kier alpha value is -1.61. The van der Waals surface area contributed by atoms with Crippen LogP contribution in [0.1, 0.15) is 87.8 Å². The van der Waals surface area contributed by atoms with Gasteiger partial charge in [-0.05, 0) is 50.9 Å². The van der Waals surface area contributed by atoms with Crippen LogP contribution in [0.15, 0.2) is 6.20 Å². The zero-order valence-corrected chi connectivity index (χ0v) is 17.9. The summed E-state index contributed by atoms with van der Waals surface area (Å²) in [5.74, 6) is -0.629. The number of halogens is 3. The fourth-order valence-corrected chi connectivity index (χ4v) is 4.74.